The molecule has 0 rings (SSSR count). The Morgan fingerprint density at radius 2 is 0.812 bits per heavy atom. The lowest BCUT2D eigenvalue weighted by molar-refractivity contribution is -0.150. The fourth-order valence-corrected chi connectivity index (χ4v) is 5.99. The van der Waals surface area contributed by atoms with Crippen molar-refractivity contribution in [3.63, 3.8) is 0 Å². The van der Waals surface area contributed by atoms with E-state index in [1.807, 2.05) is 0 Å². The van der Waals surface area contributed by atoms with Crippen LogP contribution >= 0.6 is 0 Å². The molecular weight excluding hydrogens is 592 g/mol. The molecule has 0 aliphatic heterocycles. The summed E-state index contributed by atoms with van der Waals surface area (Å²) in [5, 5.41) is 8.85. The summed E-state index contributed by atoms with van der Waals surface area (Å²) in [6.45, 7) is 4.51. The molecule has 0 aromatic heterocycles. The van der Waals surface area contributed by atoms with Crippen molar-refractivity contribution in [2.75, 3.05) is 0 Å². The van der Waals surface area contributed by atoms with Crippen LogP contribution in [0.4, 0.5) is 0 Å². The van der Waals surface area contributed by atoms with Crippen molar-refractivity contribution in [2.45, 2.75) is 219 Å². The molecule has 0 amide bonds. The molecule has 0 saturated heterocycles. The molecule has 278 valence electrons. The molecule has 1 unspecified atom stereocenters. The first-order valence-electron chi connectivity index (χ1n) is 20.6. The second-order valence-corrected chi connectivity index (χ2v) is 13.8. The summed E-state index contributed by atoms with van der Waals surface area (Å²) in [5.41, 5.74) is 0. The summed E-state index contributed by atoms with van der Waals surface area (Å²) >= 11 is 0. The number of unbranched alkanes of at least 4 members (excludes halogenated alkanes) is 20. The monoisotopic (exact) mass is 671 g/mol. The number of carbonyl (C=O) groups excluding carboxylic acids is 1. The SMILES string of the molecule is CCCCC/C=C\C/C=C\C/C=C\C/C=C\CCCCCCCC(=O)OC(CCCCCCCCCCCC)CCCCCCC(=O)O. The van der Waals surface area contributed by atoms with Gasteiger partial charge in [-0.05, 0) is 83.5 Å². The number of carbonyl (C=O) groups is 2. The normalized spacial score (nSPS) is 12.7. The Balaban J connectivity index is 3.97. The molecule has 1 N–H and O–H groups in total. The molecular formula is C44H78O4. The third-order valence-corrected chi connectivity index (χ3v) is 9.05. The number of rotatable bonds is 37. The highest BCUT2D eigenvalue weighted by atomic mass is 16.5. The molecule has 0 spiro atoms. The largest absolute Gasteiger partial charge is 0.481 e. The Morgan fingerprint density at radius 3 is 1.29 bits per heavy atom. The number of aliphatic carboxylic acids is 1. The predicted octanol–water partition coefficient (Wildman–Crippen LogP) is 14.3. The zero-order valence-electron chi connectivity index (χ0n) is 31.8. The van der Waals surface area contributed by atoms with E-state index >= 15 is 0 Å². The molecule has 0 aliphatic carbocycles. The van der Waals surface area contributed by atoms with Gasteiger partial charge >= 0.3 is 11.9 Å². The lowest BCUT2D eigenvalue weighted by Gasteiger charge is -2.18. The van der Waals surface area contributed by atoms with Crippen molar-refractivity contribution in [1.29, 1.82) is 0 Å². The van der Waals surface area contributed by atoms with Crippen molar-refractivity contribution < 1.29 is 19.4 Å². The zero-order chi connectivity index (χ0) is 35.0. The fraction of sp³-hybridized carbons (Fsp3) is 0.773. The Hall–Kier alpha value is -2.10. The molecule has 4 heteroatoms. The van der Waals surface area contributed by atoms with Gasteiger partial charge in [-0.3, -0.25) is 9.59 Å². The smallest absolute Gasteiger partial charge is 0.306 e. The van der Waals surface area contributed by atoms with Gasteiger partial charge in [-0.2, -0.15) is 0 Å². The maximum atomic E-state index is 12.6. The van der Waals surface area contributed by atoms with Crippen LogP contribution in [0.1, 0.15) is 213 Å². The second-order valence-electron chi connectivity index (χ2n) is 13.8. The summed E-state index contributed by atoms with van der Waals surface area (Å²) in [6.07, 6.45) is 52.7. The molecule has 0 fully saturated rings. The number of carboxylic acid groups (broad SMARTS) is 1. The zero-order valence-corrected chi connectivity index (χ0v) is 31.8. The van der Waals surface area contributed by atoms with Gasteiger partial charge in [0.25, 0.3) is 0 Å². The van der Waals surface area contributed by atoms with Crippen molar-refractivity contribution in [1.82, 2.24) is 0 Å². The lowest BCUT2D eigenvalue weighted by Crippen LogP contribution is -2.18. The minimum atomic E-state index is -0.714. The number of ether oxygens (including phenoxy) is 1. The third kappa shape index (κ3) is 38.3. The molecule has 0 radical (unpaired) electrons. The molecule has 48 heavy (non-hydrogen) atoms. The average molecular weight is 671 g/mol. The van der Waals surface area contributed by atoms with E-state index in [0.29, 0.717) is 6.42 Å². The predicted molar refractivity (Wildman–Crippen MR) is 209 cm³/mol. The van der Waals surface area contributed by atoms with Crippen LogP contribution in [0.3, 0.4) is 0 Å². The Bertz CT molecular complexity index is 809. The van der Waals surface area contributed by atoms with E-state index in [-0.39, 0.29) is 18.5 Å². The fourth-order valence-electron chi connectivity index (χ4n) is 5.99. The van der Waals surface area contributed by atoms with Gasteiger partial charge in [0.1, 0.15) is 6.10 Å². The highest BCUT2D eigenvalue weighted by Crippen LogP contribution is 2.19. The molecule has 0 aliphatic rings. The van der Waals surface area contributed by atoms with Gasteiger partial charge in [0.05, 0.1) is 0 Å². The van der Waals surface area contributed by atoms with E-state index in [9.17, 15) is 9.59 Å². The van der Waals surface area contributed by atoms with Gasteiger partial charge in [-0.1, -0.05) is 165 Å². The number of esters is 1. The topological polar surface area (TPSA) is 63.6 Å². The molecule has 0 heterocycles. The third-order valence-electron chi connectivity index (χ3n) is 9.05. The minimum absolute atomic E-state index is 0.0245. The van der Waals surface area contributed by atoms with Crippen molar-refractivity contribution in [3.8, 4) is 0 Å². The van der Waals surface area contributed by atoms with Gasteiger partial charge in [0.2, 0.25) is 0 Å². The van der Waals surface area contributed by atoms with E-state index in [1.165, 1.54) is 103 Å². The van der Waals surface area contributed by atoms with E-state index in [0.717, 1.165) is 83.5 Å². The first-order chi connectivity index (χ1) is 23.6. The average Bonchev–Trinajstić information content (AvgIpc) is 3.07. The molecule has 0 bridgehead atoms. The van der Waals surface area contributed by atoms with Crippen LogP contribution in [-0.2, 0) is 14.3 Å². The quantitative estimate of drug-likeness (QED) is 0.0406. The van der Waals surface area contributed by atoms with Gasteiger partial charge < -0.3 is 9.84 Å². The van der Waals surface area contributed by atoms with Crippen LogP contribution in [0.2, 0.25) is 0 Å². The number of hydrogen-bond donors (Lipinski definition) is 1. The highest BCUT2D eigenvalue weighted by molar-refractivity contribution is 5.69. The minimum Gasteiger partial charge on any atom is -0.481 e. The molecule has 1 atom stereocenters. The summed E-state index contributed by atoms with van der Waals surface area (Å²) in [5.74, 6) is -0.742. The van der Waals surface area contributed by atoms with Gasteiger partial charge in [0, 0.05) is 12.8 Å². The molecule has 0 saturated carbocycles. The van der Waals surface area contributed by atoms with Crippen LogP contribution in [0.15, 0.2) is 48.6 Å². The molecule has 4 nitrogen and oxygen atoms in total. The summed E-state index contributed by atoms with van der Waals surface area (Å²) in [4.78, 5) is 23.4. The van der Waals surface area contributed by atoms with Crippen LogP contribution in [-0.4, -0.2) is 23.1 Å². The van der Waals surface area contributed by atoms with Gasteiger partial charge in [-0.15, -0.1) is 0 Å². The summed E-state index contributed by atoms with van der Waals surface area (Å²) in [6, 6.07) is 0. The first kappa shape index (κ1) is 45.9. The summed E-state index contributed by atoms with van der Waals surface area (Å²) in [7, 11) is 0. The van der Waals surface area contributed by atoms with Crippen LogP contribution in [0.5, 0.6) is 0 Å². The van der Waals surface area contributed by atoms with E-state index in [2.05, 4.69) is 62.5 Å². The standard InChI is InChI=1S/C44H78O4/c1-3-5-7-9-11-13-15-16-17-18-19-20-21-22-23-24-25-27-29-31-37-41-44(47)48-42(39-35-32-33-36-40-43(45)46)38-34-30-28-26-14-12-10-8-6-4-2/h11,13,16-17,19-20,22-23,42H,3-10,12,14-15,18,21,24-41H2,1-2H3,(H,45,46)/b13-11-,17-16-,20-19-,23-22-. The lowest BCUT2D eigenvalue weighted by atomic mass is 10.0. The van der Waals surface area contributed by atoms with Crippen LogP contribution in [0.25, 0.3) is 0 Å². The molecule has 0 aromatic rings. The van der Waals surface area contributed by atoms with Crippen LogP contribution in [0, 0.1) is 0 Å². The number of hydrogen-bond acceptors (Lipinski definition) is 3. The maximum Gasteiger partial charge on any atom is 0.306 e. The van der Waals surface area contributed by atoms with Crippen molar-refractivity contribution in [2.24, 2.45) is 0 Å². The molecule has 0 aromatic carbocycles. The van der Waals surface area contributed by atoms with Crippen LogP contribution < -0.4 is 0 Å². The highest BCUT2D eigenvalue weighted by Gasteiger charge is 2.14. The van der Waals surface area contributed by atoms with E-state index in [1.54, 1.807) is 0 Å². The van der Waals surface area contributed by atoms with E-state index in [4.69, 9.17) is 9.84 Å². The van der Waals surface area contributed by atoms with Gasteiger partial charge in [-0.25, -0.2) is 0 Å². The van der Waals surface area contributed by atoms with Crippen molar-refractivity contribution in [3.05, 3.63) is 48.6 Å². The first-order valence-corrected chi connectivity index (χ1v) is 20.6. The maximum absolute atomic E-state index is 12.6. The number of allylic oxidation sites excluding steroid dienone is 8. The van der Waals surface area contributed by atoms with E-state index < -0.39 is 5.97 Å². The Kier molecular flexibility index (Phi) is 37.6. The summed E-state index contributed by atoms with van der Waals surface area (Å²) < 4.78 is 5.97. The Morgan fingerprint density at radius 1 is 0.458 bits per heavy atom. The van der Waals surface area contributed by atoms with Gasteiger partial charge in [0.15, 0.2) is 0 Å². The second kappa shape index (κ2) is 39.3. The number of carboxylic acids is 1. The van der Waals surface area contributed by atoms with Crippen molar-refractivity contribution >= 4 is 11.9 Å². The Labute approximate surface area is 298 Å².